The van der Waals surface area contributed by atoms with Gasteiger partial charge in [0.05, 0.1) is 5.02 Å². The van der Waals surface area contributed by atoms with Gasteiger partial charge in [-0.05, 0) is 41.5 Å². The fourth-order valence-electron chi connectivity index (χ4n) is 2.16. The number of rotatable bonds is 3. The van der Waals surface area contributed by atoms with Gasteiger partial charge in [-0.1, -0.05) is 46.6 Å². The number of benzene rings is 2. The fraction of sp³-hybridized carbons (Fsp3) is 0. The number of H-pyrrole nitrogens is 1. The van der Waals surface area contributed by atoms with Gasteiger partial charge in [-0.2, -0.15) is 5.26 Å². The number of nitrogens with zero attached hydrogens (tertiary/aromatic N) is 3. The van der Waals surface area contributed by atoms with E-state index in [0.717, 1.165) is 11.1 Å². The molecule has 24 heavy (non-hydrogen) atoms. The number of nitrogens with one attached hydrogen (secondary N) is 1. The lowest BCUT2D eigenvalue weighted by Crippen LogP contribution is -1.85. The first-order chi connectivity index (χ1) is 11.6. The number of aromatic nitrogens is 3. The number of hydrogen-bond acceptors (Lipinski definition) is 3. The first-order valence-corrected chi connectivity index (χ1v) is 7.57. The Balaban J connectivity index is 1.96. The highest BCUT2D eigenvalue weighted by Gasteiger charge is 2.10. The van der Waals surface area contributed by atoms with Crippen molar-refractivity contribution >= 4 is 35.4 Å². The molecule has 7 heteroatoms. The molecule has 0 aliphatic rings. The van der Waals surface area contributed by atoms with Gasteiger partial charge in [0.15, 0.2) is 5.69 Å². The summed E-state index contributed by atoms with van der Waals surface area (Å²) in [6, 6.07) is 11.7. The average Bonchev–Trinajstić information content (AvgIpc) is 3.04. The third-order valence-electron chi connectivity index (χ3n) is 3.27. The summed E-state index contributed by atoms with van der Waals surface area (Å²) in [5.74, 6) is -0.464. The monoisotopic (exact) mass is 358 g/mol. The van der Waals surface area contributed by atoms with Crippen LogP contribution in [-0.4, -0.2) is 15.4 Å². The second kappa shape index (κ2) is 6.83. The van der Waals surface area contributed by atoms with Crippen molar-refractivity contribution in [1.29, 1.82) is 5.26 Å². The van der Waals surface area contributed by atoms with Gasteiger partial charge >= 0.3 is 0 Å². The Morgan fingerprint density at radius 1 is 1.08 bits per heavy atom. The van der Waals surface area contributed by atoms with E-state index >= 15 is 0 Å². The van der Waals surface area contributed by atoms with E-state index < -0.39 is 5.82 Å². The fourth-order valence-corrected chi connectivity index (χ4v) is 2.59. The zero-order chi connectivity index (χ0) is 17.1. The molecule has 4 nitrogen and oxygen atoms in total. The number of nitriles is 1. The van der Waals surface area contributed by atoms with Crippen molar-refractivity contribution in [3.05, 3.63) is 69.1 Å². The molecular formula is C17H9Cl2FN4. The van der Waals surface area contributed by atoms with E-state index in [-0.39, 0.29) is 10.7 Å². The van der Waals surface area contributed by atoms with Crippen LogP contribution >= 0.6 is 23.2 Å². The largest absolute Gasteiger partial charge is 0.247 e. The SMILES string of the molecule is N#Cc1[nH]nnc1-c1cc(Cl)cc(/C=C/c2ccc(F)c(Cl)c2)c1. The van der Waals surface area contributed by atoms with E-state index in [1.807, 2.05) is 18.2 Å². The van der Waals surface area contributed by atoms with Crippen LogP contribution in [0.25, 0.3) is 23.4 Å². The van der Waals surface area contributed by atoms with Crippen molar-refractivity contribution < 1.29 is 4.39 Å². The Morgan fingerprint density at radius 3 is 2.62 bits per heavy atom. The predicted molar refractivity (Wildman–Crippen MR) is 91.9 cm³/mol. The van der Waals surface area contributed by atoms with E-state index in [1.165, 1.54) is 12.1 Å². The van der Waals surface area contributed by atoms with E-state index in [2.05, 4.69) is 15.4 Å². The molecule has 0 saturated carbocycles. The molecule has 0 amide bonds. The lowest BCUT2D eigenvalue weighted by molar-refractivity contribution is 0.628. The van der Waals surface area contributed by atoms with Crippen molar-refractivity contribution in [2.45, 2.75) is 0 Å². The first kappa shape index (κ1) is 16.2. The van der Waals surface area contributed by atoms with Gasteiger partial charge in [0.25, 0.3) is 0 Å². The zero-order valence-electron chi connectivity index (χ0n) is 12.1. The normalized spacial score (nSPS) is 10.9. The van der Waals surface area contributed by atoms with Gasteiger partial charge < -0.3 is 0 Å². The van der Waals surface area contributed by atoms with Gasteiger partial charge in [0, 0.05) is 10.6 Å². The standard InChI is InChI=1S/C17H9Cl2FN4/c18-13-6-11(2-1-10-3-4-15(20)14(19)7-10)5-12(8-13)17-16(9-21)22-24-23-17/h1-8H,(H,22,23,24)/b2-1+. The first-order valence-electron chi connectivity index (χ1n) is 6.82. The molecule has 0 unspecified atom stereocenters. The highest BCUT2D eigenvalue weighted by molar-refractivity contribution is 6.31. The maximum Gasteiger partial charge on any atom is 0.163 e. The molecule has 118 valence electrons. The van der Waals surface area contributed by atoms with Crippen LogP contribution in [0.5, 0.6) is 0 Å². The summed E-state index contributed by atoms with van der Waals surface area (Å²) in [5.41, 5.74) is 2.91. The topological polar surface area (TPSA) is 65.4 Å². The third kappa shape index (κ3) is 3.46. The Labute approximate surface area is 147 Å². The van der Waals surface area contributed by atoms with Gasteiger partial charge in [0.1, 0.15) is 17.6 Å². The Hall–Kier alpha value is -2.68. The van der Waals surface area contributed by atoms with Crippen LogP contribution in [0.15, 0.2) is 36.4 Å². The van der Waals surface area contributed by atoms with Gasteiger partial charge in [0.2, 0.25) is 0 Å². The Morgan fingerprint density at radius 2 is 1.88 bits per heavy atom. The molecule has 0 radical (unpaired) electrons. The lowest BCUT2D eigenvalue weighted by atomic mass is 10.1. The third-order valence-corrected chi connectivity index (χ3v) is 3.77. The second-order valence-electron chi connectivity index (χ2n) is 4.93. The minimum Gasteiger partial charge on any atom is -0.247 e. The molecule has 0 atom stereocenters. The van der Waals surface area contributed by atoms with Crippen LogP contribution in [0.3, 0.4) is 0 Å². The van der Waals surface area contributed by atoms with E-state index in [1.54, 1.807) is 24.3 Å². The molecule has 0 saturated heterocycles. The summed E-state index contributed by atoms with van der Waals surface area (Å²) < 4.78 is 13.2. The van der Waals surface area contributed by atoms with Crippen LogP contribution < -0.4 is 0 Å². The van der Waals surface area contributed by atoms with Crippen molar-refractivity contribution in [3.63, 3.8) is 0 Å². The second-order valence-corrected chi connectivity index (χ2v) is 5.77. The molecular weight excluding hydrogens is 350 g/mol. The summed E-state index contributed by atoms with van der Waals surface area (Å²) in [5, 5.41) is 19.7. The minimum atomic E-state index is -0.464. The molecule has 1 aromatic heterocycles. The molecule has 1 heterocycles. The summed E-state index contributed by atoms with van der Waals surface area (Å²) in [4.78, 5) is 0. The maximum absolute atomic E-state index is 13.2. The molecule has 3 rings (SSSR count). The van der Waals surface area contributed by atoms with Crippen molar-refractivity contribution in [1.82, 2.24) is 15.4 Å². The molecule has 0 aliphatic heterocycles. The minimum absolute atomic E-state index is 0.0604. The molecule has 1 N–H and O–H groups in total. The number of aromatic amines is 1. The molecule has 2 aromatic carbocycles. The highest BCUT2D eigenvalue weighted by Crippen LogP contribution is 2.26. The predicted octanol–water partition coefficient (Wildman–Crippen LogP) is 4.96. The highest BCUT2D eigenvalue weighted by atomic mass is 35.5. The van der Waals surface area contributed by atoms with Crippen LogP contribution in [0.2, 0.25) is 10.0 Å². The molecule has 0 fully saturated rings. The van der Waals surface area contributed by atoms with Crippen LogP contribution in [-0.2, 0) is 0 Å². The van der Waals surface area contributed by atoms with E-state index in [4.69, 9.17) is 28.5 Å². The molecule has 0 bridgehead atoms. The summed E-state index contributed by atoms with van der Waals surface area (Å²) in [6.45, 7) is 0. The van der Waals surface area contributed by atoms with Crippen LogP contribution in [0, 0.1) is 17.1 Å². The summed E-state index contributed by atoms with van der Waals surface area (Å²) in [6.07, 6.45) is 3.60. The molecule has 0 spiro atoms. The van der Waals surface area contributed by atoms with Gasteiger partial charge in [-0.15, -0.1) is 5.10 Å². The van der Waals surface area contributed by atoms with Crippen molar-refractivity contribution in [2.75, 3.05) is 0 Å². The van der Waals surface area contributed by atoms with E-state index in [9.17, 15) is 4.39 Å². The molecule has 0 aliphatic carbocycles. The maximum atomic E-state index is 13.2. The Bertz CT molecular complexity index is 973. The number of hydrogen-bond donors (Lipinski definition) is 1. The van der Waals surface area contributed by atoms with E-state index in [0.29, 0.717) is 16.3 Å². The summed E-state index contributed by atoms with van der Waals surface area (Å²) >= 11 is 11.9. The van der Waals surface area contributed by atoms with Gasteiger partial charge in [-0.3, -0.25) is 0 Å². The average molecular weight is 359 g/mol. The van der Waals surface area contributed by atoms with Crippen LogP contribution in [0.4, 0.5) is 4.39 Å². The van der Waals surface area contributed by atoms with Crippen LogP contribution in [0.1, 0.15) is 16.8 Å². The Kier molecular flexibility index (Phi) is 4.61. The van der Waals surface area contributed by atoms with Crippen molar-refractivity contribution in [2.24, 2.45) is 0 Å². The quantitative estimate of drug-likeness (QED) is 0.672. The summed E-state index contributed by atoms with van der Waals surface area (Å²) in [7, 11) is 0. The zero-order valence-corrected chi connectivity index (χ0v) is 13.6. The van der Waals surface area contributed by atoms with Crippen molar-refractivity contribution in [3.8, 4) is 17.3 Å². The molecule has 3 aromatic rings. The smallest absolute Gasteiger partial charge is 0.163 e. The van der Waals surface area contributed by atoms with Gasteiger partial charge in [-0.25, -0.2) is 9.49 Å². The lowest BCUT2D eigenvalue weighted by Gasteiger charge is -2.02. The number of halogens is 3.